The fraction of sp³-hybridized carbons (Fsp3) is 0.474. The molecule has 0 unspecified atom stereocenters. The van der Waals surface area contributed by atoms with Crippen molar-refractivity contribution in [2.45, 2.75) is 52.5 Å². The first-order valence-electron chi connectivity index (χ1n) is 8.72. The zero-order valence-corrected chi connectivity index (χ0v) is 15.6. The molecular weight excluding hydrogens is 334 g/mol. The highest BCUT2D eigenvalue weighted by Crippen LogP contribution is 2.20. The van der Waals surface area contributed by atoms with Crippen LogP contribution in [0.5, 0.6) is 0 Å². The largest absolute Gasteiger partial charge is 0.480 e. The fourth-order valence-electron chi connectivity index (χ4n) is 2.55. The minimum Gasteiger partial charge on any atom is -0.480 e. The minimum absolute atomic E-state index is 0.124. The van der Waals surface area contributed by atoms with E-state index in [-0.39, 0.29) is 31.3 Å². The number of aromatic nitrogens is 2. The second kappa shape index (κ2) is 8.60. The van der Waals surface area contributed by atoms with Crippen LogP contribution in [0, 0.1) is 0 Å². The number of rotatable bonds is 8. The van der Waals surface area contributed by atoms with E-state index in [4.69, 9.17) is 9.63 Å². The maximum absolute atomic E-state index is 12.2. The molecule has 1 heterocycles. The molecule has 0 aliphatic rings. The van der Waals surface area contributed by atoms with Crippen molar-refractivity contribution in [3.63, 3.8) is 0 Å². The molecule has 2 aromatic rings. The number of carboxylic acid groups (broad SMARTS) is 1. The third kappa shape index (κ3) is 5.15. The van der Waals surface area contributed by atoms with Crippen molar-refractivity contribution in [3.05, 3.63) is 35.7 Å². The zero-order chi connectivity index (χ0) is 19.3. The van der Waals surface area contributed by atoms with Crippen LogP contribution in [0.3, 0.4) is 0 Å². The van der Waals surface area contributed by atoms with Crippen LogP contribution in [-0.4, -0.2) is 44.6 Å². The molecule has 1 N–H and O–H groups in total. The van der Waals surface area contributed by atoms with Gasteiger partial charge >= 0.3 is 5.97 Å². The van der Waals surface area contributed by atoms with Gasteiger partial charge in [-0.3, -0.25) is 9.59 Å². The highest BCUT2D eigenvalue weighted by Gasteiger charge is 2.20. The normalized spacial score (nSPS) is 11.2. The first kappa shape index (κ1) is 19.6. The van der Waals surface area contributed by atoms with Gasteiger partial charge in [0, 0.05) is 24.4 Å². The number of carbonyl (C=O) groups is 2. The molecule has 1 aromatic heterocycles. The minimum atomic E-state index is -1.03. The SMILES string of the molecule is CC(C)c1ccc(-c2noc(CCC(=O)N(CC(=O)O)C(C)C)n2)cc1. The Hall–Kier alpha value is -2.70. The van der Waals surface area contributed by atoms with Gasteiger partial charge in [-0.1, -0.05) is 43.3 Å². The van der Waals surface area contributed by atoms with Gasteiger partial charge in [-0.15, -0.1) is 0 Å². The summed E-state index contributed by atoms with van der Waals surface area (Å²) in [5.41, 5.74) is 2.08. The van der Waals surface area contributed by atoms with E-state index in [0.717, 1.165) is 5.56 Å². The van der Waals surface area contributed by atoms with Gasteiger partial charge in [0.15, 0.2) is 0 Å². The standard InChI is InChI=1S/C19H25N3O4/c1-12(2)14-5-7-15(8-6-14)19-20-16(26-21-19)9-10-17(23)22(13(3)4)11-18(24)25/h5-8,12-13H,9-11H2,1-4H3,(H,24,25). The highest BCUT2D eigenvalue weighted by atomic mass is 16.5. The molecule has 1 aromatic carbocycles. The number of aryl methyl sites for hydroxylation is 1. The highest BCUT2D eigenvalue weighted by molar-refractivity contribution is 5.81. The number of hydrogen-bond donors (Lipinski definition) is 1. The lowest BCUT2D eigenvalue weighted by atomic mass is 10.0. The molecule has 0 aliphatic carbocycles. The number of aliphatic carboxylic acids is 1. The second-order valence-corrected chi connectivity index (χ2v) is 6.80. The molecule has 0 radical (unpaired) electrons. The Bertz CT molecular complexity index is 750. The molecule has 140 valence electrons. The Morgan fingerprint density at radius 1 is 1.15 bits per heavy atom. The zero-order valence-electron chi connectivity index (χ0n) is 15.6. The summed E-state index contributed by atoms with van der Waals surface area (Å²) in [6.45, 7) is 7.51. The molecule has 0 aliphatic heterocycles. The quantitative estimate of drug-likeness (QED) is 0.778. The first-order chi connectivity index (χ1) is 12.3. The fourth-order valence-corrected chi connectivity index (χ4v) is 2.55. The van der Waals surface area contributed by atoms with E-state index in [0.29, 0.717) is 17.6 Å². The Morgan fingerprint density at radius 2 is 1.81 bits per heavy atom. The summed E-state index contributed by atoms with van der Waals surface area (Å²) >= 11 is 0. The Labute approximate surface area is 153 Å². The second-order valence-electron chi connectivity index (χ2n) is 6.80. The topological polar surface area (TPSA) is 96.5 Å². The number of benzene rings is 1. The van der Waals surface area contributed by atoms with Gasteiger partial charge in [-0.2, -0.15) is 4.98 Å². The van der Waals surface area contributed by atoms with E-state index in [1.165, 1.54) is 10.5 Å². The van der Waals surface area contributed by atoms with Crippen LogP contribution in [0.2, 0.25) is 0 Å². The van der Waals surface area contributed by atoms with Gasteiger partial charge < -0.3 is 14.5 Å². The van der Waals surface area contributed by atoms with Crippen LogP contribution in [-0.2, 0) is 16.0 Å². The Balaban J connectivity index is 1.99. The number of amides is 1. The maximum Gasteiger partial charge on any atom is 0.323 e. The van der Waals surface area contributed by atoms with Gasteiger partial charge in [-0.05, 0) is 25.3 Å². The Morgan fingerprint density at radius 3 is 2.35 bits per heavy atom. The predicted octanol–water partition coefficient (Wildman–Crippen LogP) is 3.11. The summed E-state index contributed by atoms with van der Waals surface area (Å²) in [7, 11) is 0. The van der Waals surface area contributed by atoms with E-state index in [9.17, 15) is 9.59 Å². The summed E-state index contributed by atoms with van der Waals surface area (Å²) < 4.78 is 5.22. The van der Waals surface area contributed by atoms with E-state index >= 15 is 0 Å². The van der Waals surface area contributed by atoms with E-state index in [2.05, 4.69) is 24.0 Å². The molecule has 0 fully saturated rings. The first-order valence-corrected chi connectivity index (χ1v) is 8.72. The molecular formula is C19H25N3O4. The van der Waals surface area contributed by atoms with Crippen molar-refractivity contribution in [3.8, 4) is 11.4 Å². The average Bonchev–Trinajstić information content (AvgIpc) is 3.06. The van der Waals surface area contributed by atoms with Crippen molar-refractivity contribution < 1.29 is 19.2 Å². The lowest BCUT2D eigenvalue weighted by Crippen LogP contribution is -2.40. The predicted molar refractivity (Wildman–Crippen MR) is 96.6 cm³/mol. The van der Waals surface area contributed by atoms with Gasteiger partial charge in [0.1, 0.15) is 6.54 Å². The van der Waals surface area contributed by atoms with Crippen LogP contribution < -0.4 is 0 Å². The van der Waals surface area contributed by atoms with E-state index in [1.54, 1.807) is 13.8 Å². The smallest absolute Gasteiger partial charge is 0.323 e. The van der Waals surface area contributed by atoms with E-state index < -0.39 is 5.97 Å². The van der Waals surface area contributed by atoms with Crippen molar-refractivity contribution in [2.75, 3.05) is 6.54 Å². The number of hydrogen-bond acceptors (Lipinski definition) is 5. The van der Waals surface area contributed by atoms with Gasteiger partial charge in [0.2, 0.25) is 17.6 Å². The summed E-state index contributed by atoms with van der Waals surface area (Å²) in [6.07, 6.45) is 0.401. The van der Waals surface area contributed by atoms with Crippen molar-refractivity contribution in [1.29, 1.82) is 0 Å². The van der Waals surface area contributed by atoms with Crippen LogP contribution >= 0.6 is 0 Å². The van der Waals surface area contributed by atoms with Crippen molar-refractivity contribution in [1.82, 2.24) is 15.0 Å². The van der Waals surface area contributed by atoms with Crippen LogP contribution in [0.4, 0.5) is 0 Å². The monoisotopic (exact) mass is 359 g/mol. The summed E-state index contributed by atoms with van der Waals surface area (Å²) in [5.74, 6) is 0.0142. The molecule has 0 saturated heterocycles. The number of carboxylic acids is 1. The van der Waals surface area contributed by atoms with Crippen molar-refractivity contribution in [2.24, 2.45) is 0 Å². The molecule has 0 saturated carbocycles. The molecule has 26 heavy (non-hydrogen) atoms. The summed E-state index contributed by atoms with van der Waals surface area (Å²) in [4.78, 5) is 28.8. The average molecular weight is 359 g/mol. The van der Waals surface area contributed by atoms with Crippen LogP contribution in [0.1, 0.15) is 51.5 Å². The summed E-state index contributed by atoms with van der Waals surface area (Å²) in [5, 5.41) is 12.9. The van der Waals surface area contributed by atoms with Gasteiger partial charge in [0.25, 0.3) is 0 Å². The lowest BCUT2D eigenvalue weighted by molar-refractivity contribution is -0.145. The maximum atomic E-state index is 12.2. The van der Waals surface area contributed by atoms with E-state index in [1.807, 2.05) is 24.3 Å². The van der Waals surface area contributed by atoms with Crippen molar-refractivity contribution >= 4 is 11.9 Å². The third-order valence-corrected chi connectivity index (χ3v) is 4.11. The molecule has 1 amide bonds. The van der Waals surface area contributed by atoms with Crippen LogP contribution in [0.15, 0.2) is 28.8 Å². The van der Waals surface area contributed by atoms with Gasteiger partial charge in [-0.25, -0.2) is 0 Å². The molecule has 7 nitrogen and oxygen atoms in total. The van der Waals surface area contributed by atoms with Gasteiger partial charge in [0.05, 0.1) is 0 Å². The number of carbonyl (C=O) groups excluding carboxylic acids is 1. The number of nitrogens with zero attached hydrogens (tertiary/aromatic N) is 3. The molecule has 0 atom stereocenters. The molecule has 0 spiro atoms. The Kier molecular flexibility index (Phi) is 6.49. The molecule has 7 heteroatoms. The molecule has 2 rings (SSSR count). The van der Waals surface area contributed by atoms with Crippen LogP contribution in [0.25, 0.3) is 11.4 Å². The lowest BCUT2D eigenvalue weighted by Gasteiger charge is -2.24. The molecule has 0 bridgehead atoms. The third-order valence-electron chi connectivity index (χ3n) is 4.11. The summed E-state index contributed by atoms with van der Waals surface area (Å²) in [6, 6.07) is 7.78.